The molecule has 0 aliphatic heterocycles. The number of nitrogens with zero attached hydrogens (tertiary/aromatic N) is 2. The molecule has 0 radical (unpaired) electrons. The number of aromatic amines is 3. The highest BCUT2D eigenvalue weighted by molar-refractivity contribution is 5.92. The second-order valence-electron chi connectivity index (χ2n) is 8.75. The van der Waals surface area contributed by atoms with Gasteiger partial charge >= 0.3 is 0 Å². The SMILES string of the molecule is CC(C)=NOC(=C(C)C)c1cc2cc(-c3nc(C(=O)NCc4ccc(=O)[nH]c4)[nH]c3C)ccc2[nH]1. The largest absolute Gasteiger partial charge is 0.355 e. The van der Waals surface area contributed by atoms with Gasteiger partial charge in [-0.25, -0.2) is 4.98 Å². The van der Waals surface area contributed by atoms with Gasteiger partial charge in [0.1, 0.15) is 0 Å². The summed E-state index contributed by atoms with van der Waals surface area (Å²) >= 11 is 0. The Hall–Kier alpha value is -4.40. The number of imidazole rings is 1. The molecule has 0 saturated heterocycles. The van der Waals surface area contributed by atoms with E-state index in [1.807, 2.05) is 58.9 Å². The third-order valence-electron chi connectivity index (χ3n) is 5.31. The first-order valence-electron chi connectivity index (χ1n) is 11.2. The fraction of sp³-hybridized carbons (Fsp3) is 0.231. The number of fused-ring (bicyclic) bond motifs is 1. The van der Waals surface area contributed by atoms with Crippen molar-refractivity contribution < 1.29 is 9.63 Å². The summed E-state index contributed by atoms with van der Waals surface area (Å²) in [6.07, 6.45) is 1.57. The summed E-state index contributed by atoms with van der Waals surface area (Å²) in [5, 5.41) is 7.90. The Kier molecular flexibility index (Phi) is 6.68. The minimum absolute atomic E-state index is 0.188. The summed E-state index contributed by atoms with van der Waals surface area (Å²) < 4.78 is 0. The Morgan fingerprint density at radius 3 is 2.57 bits per heavy atom. The standard InChI is InChI=1S/C26H28N6O3/c1-14(2)24(35-32-15(3)4)21-11-19-10-18(7-8-20(19)30-21)23-16(5)29-25(31-23)26(34)28-13-17-6-9-22(33)27-12-17/h6-12,30H,13H2,1-5H3,(H,27,33)(H,28,34)(H,29,31). The van der Waals surface area contributed by atoms with Gasteiger partial charge in [0.15, 0.2) is 11.6 Å². The average molecular weight is 473 g/mol. The number of oxime groups is 1. The minimum Gasteiger partial charge on any atom is -0.355 e. The monoisotopic (exact) mass is 472 g/mol. The second-order valence-corrected chi connectivity index (χ2v) is 8.75. The number of hydrogen-bond acceptors (Lipinski definition) is 5. The Morgan fingerprint density at radius 2 is 1.89 bits per heavy atom. The van der Waals surface area contributed by atoms with E-state index in [2.05, 4.69) is 30.4 Å². The number of aromatic nitrogens is 4. The van der Waals surface area contributed by atoms with Crippen LogP contribution >= 0.6 is 0 Å². The molecule has 4 N–H and O–H groups in total. The van der Waals surface area contributed by atoms with Crippen LogP contribution < -0.4 is 10.9 Å². The van der Waals surface area contributed by atoms with Crippen molar-refractivity contribution >= 4 is 28.3 Å². The molecular formula is C26H28N6O3. The summed E-state index contributed by atoms with van der Waals surface area (Å²) in [4.78, 5) is 43.1. The van der Waals surface area contributed by atoms with Gasteiger partial charge in [-0.1, -0.05) is 17.3 Å². The number of rotatable bonds is 7. The number of carbonyl (C=O) groups is 1. The predicted molar refractivity (Wildman–Crippen MR) is 137 cm³/mol. The number of allylic oxidation sites excluding steroid dienone is 1. The van der Waals surface area contributed by atoms with Crippen LogP contribution in [-0.4, -0.2) is 31.6 Å². The molecule has 35 heavy (non-hydrogen) atoms. The molecule has 4 aromatic rings. The van der Waals surface area contributed by atoms with Crippen molar-refractivity contribution in [3.05, 3.63) is 81.3 Å². The van der Waals surface area contributed by atoms with Crippen LogP contribution in [0.25, 0.3) is 27.9 Å². The van der Waals surface area contributed by atoms with Crippen LogP contribution in [0.4, 0.5) is 0 Å². The van der Waals surface area contributed by atoms with Crippen molar-refractivity contribution in [3.63, 3.8) is 0 Å². The maximum atomic E-state index is 12.6. The fourth-order valence-electron chi connectivity index (χ4n) is 3.62. The van der Waals surface area contributed by atoms with Crippen molar-refractivity contribution in [1.29, 1.82) is 0 Å². The number of amides is 1. The second kappa shape index (κ2) is 9.84. The quantitative estimate of drug-likeness (QED) is 0.177. The van der Waals surface area contributed by atoms with Crippen LogP contribution in [0, 0.1) is 6.92 Å². The smallest absolute Gasteiger partial charge is 0.287 e. The number of nitrogens with one attached hydrogen (secondary N) is 4. The van der Waals surface area contributed by atoms with Gasteiger partial charge in [-0.2, -0.15) is 0 Å². The molecule has 3 heterocycles. The zero-order valence-electron chi connectivity index (χ0n) is 20.4. The lowest BCUT2D eigenvalue weighted by molar-refractivity contribution is 0.0941. The van der Waals surface area contributed by atoms with Crippen molar-refractivity contribution in [2.75, 3.05) is 0 Å². The topological polar surface area (TPSA) is 128 Å². The number of hydrogen-bond donors (Lipinski definition) is 4. The van der Waals surface area contributed by atoms with Crippen LogP contribution in [0.3, 0.4) is 0 Å². The van der Waals surface area contributed by atoms with E-state index in [0.29, 0.717) is 11.5 Å². The Bertz CT molecular complexity index is 1490. The van der Waals surface area contributed by atoms with Crippen molar-refractivity contribution in [3.8, 4) is 11.3 Å². The van der Waals surface area contributed by atoms with Gasteiger partial charge in [-0.05, 0) is 64.0 Å². The van der Waals surface area contributed by atoms with Gasteiger partial charge in [0.05, 0.1) is 17.1 Å². The molecular weight excluding hydrogens is 444 g/mol. The molecule has 3 aromatic heterocycles. The van der Waals surface area contributed by atoms with E-state index in [1.165, 1.54) is 6.07 Å². The number of pyridine rings is 1. The average Bonchev–Trinajstić information content (AvgIpc) is 3.41. The van der Waals surface area contributed by atoms with E-state index in [0.717, 1.165) is 44.7 Å². The van der Waals surface area contributed by atoms with E-state index >= 15 is 0 Å². The predicted octanol–water partition coefficient (Wildman–Crippen LogP) is 4.65. The third-order valence-corrected chi connectivity index (χ3v) is 5.31. The van der Waals surface area contributed by atoms with Crippen LogP contribution in [0.1, 0.15) is 55.3 Å². The van der Waals surface area contributed by atoms with Crippen LogP contribution in [0.5, 0.6) is 0 Å². The Labute approximate surface area is 202 Å². The molecule has 0 unspecified atom stereocenters. The van der Waals surface area contributed by atoms with Crippen LogP contribution in [0.15, 0.2) is 58.1 Å². The summed E-state index contributed by atoms with van der Waals surface area (Å²) in [6.45, 7) is 9.87. The number of carbonyl (C=O) groups excluding carboxylic acids is 1. The van der Waals surface area contributed by atoms with Crippen LogP contribution in [0.2, 0.25) is 0 Å². The number of H-pyrrole nitrogens is 3. The first-order valence-corrected chi connectivity index (χ1v) is 11.2. The molecule has 1 aromatic carbocycles. The zero-order chi connectivity index (χ0) is 25.1. The van der Waals surface area contributed by atoms with Gasteiger partial charge in [0, 0.05) is 41.0 Å². The molecule has 0 fully saturated rings. The van der Waals surface area contributed by atoms with E-state index in [-0.39, 0.29) is 23.8 Å². The van der Waals surface area contributed by atoms with Gasteiger partial charge in [-0.3, -0.25) is 9.59 Å². The van der Waals surface area contributed by atoms with Gasteiger partial charge in [-0.15, -0.1) is 0 Å². The van der Waals surface area contributed by atoms with E-state index < -0.39 is 0 Å². The molecule has 0 bridgehead atoms. The number of aryl methyl sites for hydroxylation is 1. The molecule has 1 amide bonds. The summed E-state index contributed by atoms with van der Waals surface area (Å²) in [5.74, 6) is 0.582. The summed E-state index contributed by atoms with van der Waals surface area (Å²) in [7, 11) is 0. The fourth-order valence-corrected chi connectivity index (χ4v) is 3.62. The maximum absolute atomic E-state index is 12.6. The highest BCUT2D eigenvalue weighted by atomic mass is 16.6. The minimum atomic E-state index is -0.326. The Balaban J connectivity index is 1.57. The third kappa shape index (κ3) is 5.40. The lowest BCUT2D eigenvalue weighted by Crippen LogP contribution is -2.24. The molecule has 0 atom stereocenters. The normalized spacial score (nSPS) is 10.8. The molecule has 180 valence electrons. The van der Waals surface area contributed by atoms with Gasteiger partial charge in [0.25, 0.3) is 5.91 Å². The molecule has 4 rings (SSSR count). The Morgan fingerprint density at radius 1 is 1.09 bits per heavy atom. The first-order chi connectivity index (χ1) is 16.7. The maximum Gasteiger partial charge on any atom is 0.287 e. The van der Waals surface area contributed by atoms with E-state index in [4.69, 9.17) is 4.84 Å². The summed E-state index contributed by atoms with van der Waals surface area (Å²) in [6, 6.07) is 11.1. The summed E-state index contributed by atoms with van der Waals surface area (Å²) in [5.41, 5.74) is 6.60. The van der Waals surface area contributed by atoms with Crippen LogP contribution in [-0.2, 0) is 11.4 Å². The van der Waals surface area contributed by atoms with E-state index in [1.54, 1.807) is 12.3 Å². The first kappa shape index (κ1) is 23.7. The highest BCUT2D eigenvalue weighted by Gasteiger charge is 2.16. The number of benzene rings is 1. The van der Waals surface area contributed by atoms with Gasteiger partial charge < -0.3 is 25.1 Å². The molecule has 0 saturated carbocycles. The van der Waals surface area contributed by atoms with E-state index in [9.17, 15) is 9.59 Å². The van der Waals surface area contributed by atoms with Crippen molar-refractivity contribution in [1.82, 2.24) is 25.3 Å². The van der Waals surface area contributed by atoms with Crippen molar-refractivity contribution in [2.45, 2.75) is 41.2 Å². The lowest BCUT2D eigenvalue weighted by Gasteiger charge is -2.05. The molecule has 0 aliphatic carbocycles. The molecule has 9 nitrogen and oxygen atoms in total. The highest BCUT2D eigenvalue weighted by Crippen LogP contribution is 2.29. The lowest BCUT2D eigenvalue weighted by atomic mass is 10.1. The van der Waals surface area contributed by atoms with Crippen molar-refractivity contribution in [2.24, 2.45) is 5.16 Å². The molecule has 0 spiro atoms. The molecule has 0 aliphatic rings. The molecule has 9 heteroatoms. The van der Waals surface area contributed by atoms with Gasteiger partial charge in [0.2, 0.25) is 5.56 Å². The zero-order valence-corrected chi connectivity index (χ0v) is 20.4.